The predicted molar refractivity (Wildman–Crippen MR) is 139 cm³/mol. The summed E-state index contributed by atoms with van der Waals surface area (Å²) in [6.07, 6.45) is 3.05. The molecule has 1 amide bonds. The Labute approximate surface area is 201 Å². The van der Waals surface area contributed by atoms with Crippen molar-refractivity contribution in [2.45, 2.75) is 31.2 Å². The van der Waals surface area contributed by atoms with Gasteiger partial charge in [-0.1, -0.05) is 115 Å². The third-order valence-electron chi connectivity index (χ3n) is 7.43. The van der Waals surface area contributed by atoms with Crippen molar-refractivity contribution in [3.05, 3.63) is 143 Å². The number of benzene rings is 4. The Morgan fingerprint density at radius 3 is 2.18 bits per heavy atom. The van der Waals surface area contributed by atoms with Crippen LogP contribution in [-0.2, 0) is 16.8 Å². The Bertz CT molecular complexity index is 1370. The molecular formula is C32H27NO. The number of nitrogens with zero attached hydrogens (tertiary/aromatic N) is 1. The largest absolute Gasteiger partial charge is 0.307 e. The smallest absolute Gasteiger partial charge is 0.239 e. The summed E-state index contributed by atoms with van der Waals surface area (Å²) in [4.78, 5) is 16.5. The molecule has 0 fully saturated rings. The average molecular weight is 442 g/mol. The second-order valence-corrected chi connectivity index (χ2v) is 9.49. The summed E-state index contributed by atoms with van der Waals surface area (Å²) in [5, 5.41) is 0. The summed E-state index contributed by atoms with van der Waals surface area (Å²) in [5.41, 5.74) is 7.56. The number of para-hydroxylation sites is 1. The van der Waals surface area contributed by atoms with E-state index < -0.39 is 5.41 Å². The van der Waals surface area contributed by atoms with Crippen LogP contribution < -0.4 is 4.90 Å². The molecule has 0 bridgehead atoms. The van der Waals surface area contributed by atoms with Crippen LogP contribution in [0.1, 0.15) is 40.2 Å². The van der Waals surface area contributed by atoms with Gasteiger partial charge in [0.2, 0.25) is 5.91 Å². The first-order valence-corrected chi connectivity index (χ1v) is 11.9. The van der Waals surface area contributed by atoms with Gasteiger partial charge in [-0.3, -0.25) is 4.79 Å². The van der Waals surface area contributed by atoms with Crippen molar-refractivity contribution in [2.24, 2.45) is 0 Å². The van der Waals surface area contributed by atoms with E-state index in [0.717, 1.165) is 16.8 Å². The Morgan fingerprint density at radius 1 is 0.794 bits per heavy atom. The highest BCUT2D eigenvalue weighted by Gasteiger charge is 2.57. The molecule has 2 nitrogen and oxygen atoms in total. The second kappa shape index (κ2) is 8.14. The van der Waals surface area contributed by atoms with Crippen molar-refractivity contribution in [2.75, 3.05) is 4.90 Å². The fourth-order valence-electron chi connectivity index (χ4n) is 5.76. The Balaban J connectivity index is 1.51. The van der Waals surface area contributed by atoms with Crippen LogP contribution in [0.4, 0.5) is 5.69 Å². The van der Waals surface area contributed by atoms with Crippen LogP contribution in [0.3, 0.4) is 0 Å². The Kier molecular flexibility index (Phi) is 4.95. The quantitative estimate of drug-likeness (QED) is 0.332. The standard InChI is InChI=1S/C32H27NO/c1-23-16-18-26(19-17-23)29-20-27(25-12-6-3-7-13-25)21-32(29)28-14-8-9-15-30(28)33(31(32)34)22-24-10-4-2-5-11-24/h2-20,29H,21-22H2,1H3/t29-,32+/m1/s1. The zero-order valence-electron chi connectivity index (χ0n) is 19.3. The van der Waals surface area contributed by atoms with Crippen LogP contribution in [0.25, 0.3) is 5.57 Å². The van der Waals surface area contributed by atoms with Crippen molar-refractivity contribution in [1.82, 2.24) is 0 Å². The number of fused-ring (bicyclic) bond motifs is 2. The number of rotatable bonds is 4. The number of aryl methyl sites for hydroxylation is 1. The van der Waals surface area contributed by atoms with E-state index in [1.165, 1.54) is 22.3 Å². The summed E-state index contributed by atoms with van der Waals surface area (Å²) in [6, 6.07) is 37.9. The van der Waals surface area contributed by atoms with E-state index in [2.05, 4.69) is 91.9 Å². The lowest BCUT2D eigenvalue weighted by molar-refractivity contribution is -0.123. The third kappa shape index (κ3) is 3.21. The summed E-state index contributed by atoms with van der Waals surface area (Å²) >= 11 is 0. The minimum Gasteiger partial charge on any atom is -0.307 e. The van der Waals surface area contributed by atoms with Gasteiger partial charge in [0.1, 0.15) is 0 Å². The molecule has 2 heteroatoms. The van der Waals surface area contributed by atoms with E-state index in [0.29, 0.717) is 13.0 Å². The monoisotopic (exact) mass is 441 g/mol. The lowest BCUT2D eigenvalue weighted by atomic mass is 9.69. The van der Waals surface area contributed by atoms with Crippen molar-refractivity contribution in [3.63, 3.8) is 0 Å². The molecule has 2 atom stereocenters. The van der Waals surface area contributed by atoms with Crippen LogP contribution in [-0.4, -0.2) is 5.91 Å². The molecular weight excluding hydrogens is 414 g/mol. The van der Waals surface area contributed by atoms with Crippen LogP contribution in [0.2, 0.25) is 0 Å². The first kappa shape index (κ1) is 20.7. The maximum Gasteiger partial charge on any atom is 0.239 e. The number of amides is 1. The Morgan fingerprint density at radius 2 is 1.44 bits per heavy atom. The number of carbonyl (C=O) groups is 1. The van der Waals surface area contributed by atoms with Gasteiger partial charge in [0, 0.05) is 11.6 Å². The highest BCUT2D eigenvalue weighted by molar-refractivity contribution is 6.11. The zero-order chi connectivity index (χ0) is 23.1. The van der Waals surface area contributed by atoms with Crippen LogP contribution in [0, 0.1) is 6.92 Å². The Hall–Kier alpha value is -3.91. The van der Waals surface area contributed by atoms with Gasteiger partial charge in [0.25, 0.3) is 0 Å². The van der Waals surface area contributed by atoms with Crippen molar-refractivity contribution in [1.29, 1.82) is 0 Å². The number of hydrogen-bond acceptors (Lipinski definition) is 1. The van der Waals surface area contributed by atoms with Gasteiger partial charge < -0.3 is 4.90 Å². The third-order valence-corrected chi connectivity index (χ3v) is 7.43. The number of hydrogen-bond donors (Lipinski definition) is 0. The summed E-state index contributed by atoms with van der Waals surface area (Å²) in [7, 11) is 0. The van der Waals surface area contributed by atoms with Gasteiger partial charge in [0.15, 0.2) is 0 Å². The molecule has 0 saturated carbocycles. The average Bonchev–Trinajstić information content (AvgIpc) is 3.39. The molecule has 166 valence electrons. The van der Waals surface area contributed by atoms with Gasteiger partial charge in [-0.25, -0.2) is 0 Å². The van der Waals surface area contributed by atoms with Gasteiger partial charge >= 0.3 is 0 Å². The van der Waals surface area contributed by atoms with Crippen molar-refractivity contribution >= 4 is 17.2 Å². The van der Waals surface area contributed by atoms with E-state index >= 15 is 0 Å². The zero-order valence-corrected chi connectivity index (χ0v) is 19.3. The maximum absolute atomic E-state index is 14.5. The van der Waals surface area contributed by atoms with E-state index in [1.54, 1.807) is 0 Å². The van der Waals surface area contributed by atoms with Crippen LogP contribution >= 0.6 is 0 Å². The fourth-order valence-corrected chi connectivity index (χ4v) is 5.76. The van der Waals surface area contributed by atoms with Crippen molar-refractivity contribution < 1.29 is 4.79 Å². The normalized spacial score (nSPS) is 21.1. The topological polar surface area (TPSA) is 20.3 Å². The molecule has 1 heterocycles. The maximum atomic E-state index is 14.5. The summed E-state index contributed by atoms with van der Waals surface area (Å²) in [6.45, 7) is 2.69. The van der Waals surface area contributed by atoms with Gasteiger partial charge in [-0.15, -0.1) is 0 Å². The number of anilines is 1. The van der Waals surface area contributed by atoms with E-state index in [4.69, 9.17) is 0 Å². The number of carbonyl (C=O) groups excluding carboxylic acids is 1. The number of allylic oxidation sites excluding steroid dienone is 2. The fraction of sp³-hybridized carbons (Fsp3) is 0.156. The summed E-state index contributed by atoms with van der Waals surface area (Å²) < 4.78 is 0. The van der Waals surface area contributed by atoms with Gasteiger partial charge in [0.05, 0.1) is 12.0 Å². The molecule has 0 N–H and O–H groups in total. The molecule has 4 aromatic carbocycles. The lowest BCUT2D eigenvalue weighted by Crippen LogP contribution is -2.42. The highest BCUT2D eigenvalue weighted by atomic mass is 16.2. The molecule has 4 aromatic rings. The molecule has 0 unspecified atom stereocenters. The summed E-state index contributed by atoms with van der Waals surface area (Å²) in [5.74, 6) is 0.183. The minimum absolute atomic E-state index is 0.0160. The molecule has 0 saturated heterocycles. The SMILES string of the molecule is Cc1ccc([C@H]2C=C(c3ccccc3)C[C@@]23C(=O)N(Cc2ccccc2)c2ccccc23)cc1. The first-order valence-electron chi connectivity index (χ1n) is 11.9. The predicted octanol–water partition coefficient (Wildman–Crippen LogP) is 7.05. The second-order valence-electron chi connectivity index (χ2n) is 9.49. The van der Waals surface area contributed by atoms with Crippen LogP contribution in [0.15, 0.2) is 115 Å². The minimum atomic E-state index is -0.633. The molecule has 1 aliphatic heterocycles. The molecule has 1 aliphatic carbocycles. The molecule has 6 rings (SSSR count). The first-order chi connectivity index (χ1) is 16.7. The molecule has 0 radical (unpaired) electrons. The van der Waals surface area contributed by atoms with Crippen molar-refractivity contribution in [3.8, 4) is 0 Å². The van der Waals surface area contributed by atoms with E-state index in [1.807, 2.05) is 35.2 Å². The van der Waals surface area contributed by atoms with Gasteiger partial charge in [-0.2, -0.15) is 0 Å². The van der Waals surface area contributed by atoms with Gasteiger partial charge in [-0.05, 0) is 47.2 Å². The lowest BCUT2D eigenvalue weighted by Gasteiger charge is -2.31. The van der Waals surface area contributed by atoms with E-state index in [-0.39, 0.29) is 11.8 Å². The molecule has 0 aromatic heterocycles. The molecule has 2 aliphatic rings. The molecule has 1 spiro atoms. The molecule has 34 heavy (non-hydrogen) atoms. The van der Waals surface area contributed by atoms with Crippen LogP contribution in [0.5, 0.6) is 0 Å². The highest BCUT2D eigenvalue weighted by Crippen LogP contribution is 2.59. The van der Waals surface area contributed by atoms with E-state index in [9.17, 15) is 4.79 Å².